The van der Waals surface area contributed by atoms with E-state index in [9.17, 15) is 15.3 Å². The molecule has 264 valence electrons. The van der Waals surface area contributed by atoms with Crippen molar-refractivity contribution in [3.05, 3.63) is 65.2 Å². The number of ether oxygens (including phenoxy) is 1. The van der Waals surface area contributed by atoms with E-state index in [1.807, 2.05) is 36.4 Å². The van der Waals surface area contributed by atoms with Crippen molar-refractivity contribution in [2.45, 2.75) is 123 Å². The molecule has 9 nitrogen and oxygen atoms in total. The molecule has 0 aliphatic rings. The molecule has 0 aliphatic heterocycles. The van der Waals surface area contributed by atoms with Gasteiger partial charge in [-0.05, 0) is 48.4 Å². The van der Waals surface area contributed by atoms with Gasteiger partial charge in [0.1, 0.15) is 11.9 Å². The lowest BCUT2D eigenvalue weighted by atomic mass is 9.78. The lowest BCUT2D eigenvalue weighted by Gasteiger charge is -2.38. The summed E-state index contributed by atoms with van der Waals surface area (Å²) in [6, 6.07) is 16.3. The second-order valence-corrected chi connectivity index (χ2v) is 13.6. The molecule has 0 bridgehead atoms. The predicted molar refractivity (Wildman–Crippen MR) is 187 cm³/mol. The average molecular weight is 687 g/mol. The minimum absolute atomic E-state index is 0.365. The van der Waals surface area contributed by atoms with Gasteiger partial charge in [0.2, 0.25) is 0 Å². The van der Waals surface area contributed by atoms with Crippen LogP contribution in [-0.2, 0) is 17.2 Å². The quantitative estimate of drug-likeness (QED) is 0.0409. The smallest absolute Gasteiger partial charge is 0.334 e. The molecule has 0 saturated heterocycles. The summed E-state index contributed by atoms with van der Waals surface area (Å²) in [6.07, 6.45) is 18.7. The van der Waals surface area contributed by atoms with Crippen LogP contribution in [0.5, 0.6) is 5.75 Å². The lowest BCUT2D eigenvalue weighted by molar-refractivity contribution is -0.0748. The van der Waals surface area contributed by atoms with Crippen LogP contribution < -0.4 is 4.74 Å². The van der Waals surface area contributed by atoms with Gasteiger partial charge in [-0.1, -0.05) is 133 Å². The summed E-state index contributed by atoms with van der Waals surface area (Å²) in [4.78, 5) is 31.3. The van der Waals surface area contributed by atoms with E-state index < -0.39 is 28.7 Å². The Bertz CT molecular complexity index is 991. The summed E-state index contributed by atoms with van der Waals surface area (Å²) in [5, 5.41) is 31.3. The van der Waals surface area contributed by atoms with Gasteiger partial charge < -0.3 is 39.6 Å². The van der Waals surface area contributed by atoms with Gasteiger partial charge in [0, 0.05) is 0 Å². The second-order valence-electron chi connectivity index (χ2n) is 12.0. The first-order valence-electron chi connectivity index (χ1n) is 17.0. The third-order valence-electron chi connectivity index (χ3n) is 8.30. The second kappa shape index (κ2) is 26.7. The number of para-hydroxylation sites is 1. The van der Waals surface area contributed by atoms with E-state index in [0.29, 0.717) is 0 Å². The van der Waals surface area contributed by atoms with Crippen LogP contribution in [0.3, 0.4) is 0 Å². The molecule has 0 amide bonds. The molecule has 0 aromatic heterocycles. The number of aliphatic hydroxyl groups excluding tert-OH is 3. The van der Waals surface area contributed by atoms with Crippen molar-refractivity contribution in [3.8, 4) is 5.75 Å². The normalized spacial score (nSPS) is 12.3. The Labute approximate surface area is 279 Å². The number of hydrogen-bond donors (Lipinski definition) is 7. The van der Waals surface area contributed by atoms with E-state index in [1.54, 1.807) is 0 Å². The molecular formula is C35H60O9P2. The minimum Gasteiger partial charge on any atom is -0.485 e. The minimum atomic E-state index is -2.61. The zero-order valence-corrected chi connectivity index (χ0v) is 29.8. The summed E-state index contributed by atoms with van der Waals surface area (Å²) in [5.74, 6) is 0.777. The molecule has 0 fully saturated rings. The summed E-state index contributed by atoms with van der Waals surface area (Å²) >= 11 is 0. The highest BCUT2D eigenvalue weighted by Crippen LogP contribution is 2.42. The van der Waals surface area contributed by atoms with E-state index in [1.165, 1.54) is 82.6 Å². The van der Waals surface area contributed by atoms with E-state index in [0.717, 1.165) is 42.6 Å². The summed E-state index contributed by atoms with van der Waals surface area (Å²) < 4.78 is 10.3. The third kappa shape index (κ3) is 17.3. The first kappa shape index (κ1) is 42.8. The molecule has 46 heavy (non-hydrogen) atoms. The lowest BCUT2D eigenvalue weighted by Crippen LogP contribution is -2.43. The van der Waals surface area contributed by atoms with E-state index in [2.05, 4.69) is 30.3 Å². The van der Waals surface area contributed by atoms with Crippen molar-refractivity contribution >= 4 is 17.2 Å². The van der Waals surface area contributed by atoms with Gasteiger partial charge >= 0.3 is 17.2 Å². The fraction of sp³-hybridized carbons (Fsp3) is 0.657. The molecule has 0 radical (unpaired) electrons. The number of rotatable bonds is 25. The van der Waals surface area contributed by atoms with Crippen LogP contribution in [0.2, 0.25) is 0 Å². The van der Waals surface area contributed by atoms with Gasteiger partial charge in [0.05, 0.1) is 25.2 Å². The van der Waals surface area contributed by atoms with Gasteiger partial charge in [-0.15, -0.1) is 0 Å². The van der Waals surface area contributed by atoms with Crippen molar-refractivity contribution in [3.63, 3.8) is 0 Å². The first-order chi connectivity index (χ1) is 22.3. The number of hydrogen-bond acceptors (Lipinski definition) is 9. The summed E-state index contributed by atoms with van der Waals surface area (Å²) in [6.45, 7) is 3.40. The Balaban J connectivity index is 0.00000135. The molecule has 7 N–H and O–H groups in total. The Morgan fingerprint density at radius 1 is 0.565 bits per heavy atom. The van der Waals surface area contributed by atoms with Crippen LogP contribution in [0.1, 0.15) is 127 Å². The monoisotopic (exact) mass is 686 g/mol. The van der Waals surface area contributed by atoms with Crippen molar-refractivity contribution in [2.24, 2.45) is 5.41 Å². The first-order valence-corrected chi connectivity index (χ1v) is 19.3. The molecule has 2 rings (SSSR count). The molecule has 0 saturated carbocycles. The summed E-state index contributed by atoms with van der Waals surface area (Å²) in [7, 11) is -5.22. The maximum Gasteiger partial charge on any atom is 0.334 e. The third-order valence-corrected chi connectivity index (χ3v) is 9.47. The Morgan fingerprint density at radius 2 is 0.978 bits per heavy atom. The fourth-order valence-electron chi connectivity index (χ4n) is 5.50. The highest BCUT2D eigenvalue weighted by Gasteiger charge is 2.42. The van der Waals surface area contributed by atoms with Crippen molar-refractivity contribution in [1.29, 1.82) is 0 Å². The standard InChI is InChI=1S/C35H56O4.H4O5P2/c1-3-5-7-9-11-13-15-21-30-22-17-19-25-32(30)34(35(27-36,28-37)29-38)39-33-26-20-18-24-31(33)23-16-14-12-10-8-6-4-2;1-6(2)5-7(3)4/h17-20,22,24-26,34,36-38H,3-16,21,23,27-29H2,1-2H3;1-4H. The molecule has 1 unspecified atom stereocenters. The highest BCUT2D eigenvalue weighted by molar-refractivity contribution is 7.53. The molecule has 1 atom stereocenters. The van der Waals surface area contributed by atoms with Gasteiger partial charge in [0.15, 0.2) is 0 Å². The maximum atomic E-state index is 10.4. The molecule has 0 aliphatic carbocycles. The van der Waals surface area contributed by atoms with Gasteiger partial charge in [-0.3, -0.25) is 0 Å². The van der Waals surface area contributed by atoms with Crippen LogP contribution in [0, 0.1) is 5.41 Å². The zero-order chi connectivity index (χ0) is 34.0. The Morgan fingerprint density at radius 3 is 1.43 bits per heavy atom. The van der Waals surface area contributed by atoms with Gasteiger partial charge in [0.25, 0.3) is 0 Å². The van der Waals surface area contributed by atoms with Crippen LogP contribution in [0.15, 0.2) is 48.5 Å². The highest BCUT2D eigenvalue weighted by atomic mass is 31.2. The fourth-order valence-corrected chi connectivity index (χ4v) is 6.02. The average Bonchev–Trinajstić information content (AvgIpc) is 3.05. The topological polar surface area (TPSA) is 160 Å². The van der Waals surface area contributed by atoms with E-state index in [4.69, 9.17) is 24.3 Å². The Kier molecular flexibility index (Phi) is 24.8. The van der Waals surface area contributed by atoms with Crippen LogP contribution in [-0.4, -0.2) is 54.7 Å². The zero-order valence-electron chi connectivity index (χ0n) is 28.0. The van der Waals surface area contributed by atoms with Crippen molar-refractivity contribution in [2.75, 3.05) is 19.8 Å². The molecule has 0 spiro atoms. The number of aliphatic hydroxyl groups is 3. The number of benzene rings is 2. The van der Waals surface area contributed by atoms with Crippen LogP contribution in [0.4, 0.5) is 0 Å². The predicted octanol–water partition coefficient (Wildman–Crippen LogP) is 7.78. The van der Waals surface area contributed by atoms with E-state index >= 15 is 0 Å². The SMILES string of the molecule is CCCCCCCCCc1ccccc1OC(c1ccccc1CCCCCCCCC)C(CO)(CO)CO.OP(O)OP(O)O. The van der Waals surface area contributed by atoms with Crippen molar-refractivity contribution < 1.29 is 43.9 Å². The van der Waals surface area contributed by atoms with Crippen molar-refractivity contribution in [1.82, 2.24) is 0 Å². The molecule has 0 heterocycles. The largest absolute Gasteiger partial charge is 0.485 e. The van der Waals surface area contributed by atoms with Crippen LogP contribution in [0.25, 0.3) is 0 Å². The number of aryl methyl sites for hydroxylation is 2. The summed E-state index contributed by atoms with van der Waals surface area (Å²) in [5.41, 5.74) is 2.07. The molecule has 2 aromatic rings. The van der Waals surface area contributed by atoms with Gasteiger partial charge in [-0.2, -0.15) is 0 Å². The van der Waals surface area contributed by atoms with Gasteiger partial charge in [-0.25, -0.2) is 4.31 Å². The maximum absolute atomic E-state index is 10.4. The molecule has 2 aromatic carbocycles. The number of unbranched alkanes of at least 4 members (excludes halogenated alkanes) is 12. The van der Waals surface area contributed by atoms with E-state index in [-0.39, 0.29) is 19.8 Å². The molecule has 11 heteroatoms. The molecular weight excluding hydrogens is 626 g/mol. The van der Waals surface area contributed by atoms with Crippen LogP contribution >= 0.6 is 17.2 Å². The Hall–Kier alpha value is -1.22.